The van der Waals surface area contributed by atoms with Crippen LogP contribution in [0.25, 0.3) is 0 Å². The molecule has 21 heavy (non-hydrogen) atoms. The summed E-state index contributed by atoms with van der Waals surface area (Å²) in [5.41, 5.74) is 2.48. The summed E-state index contributed by atoms with van der Waals surface area (Å²) in [4.78, 5) is 25.2. The first-order valence-electron chi connectivity index (χ1n) is 6.35. The van der Waals surface area contributed by atoms with Crippen LogP contribution in [0.3, 0.4) is 0 Å². The van der Waals surface area contributed by atoms with Gasteiger partial charge in [0, 0.05) is 17.6 Å². The number of carbonyl (C=O) groups is 2. The number of ether oxygens (including phenoxy) is 1. The van der Waals surface area contributed by atoms with E-state index in [4.69, 9.17) is 4.74 Å². The Balaban J connectivity index is 2.36. The SMILES string of the molecule is COC(=O)c1c(NC(=O)c2cnn(C)c2C)sc(C)c1C. The zero-order chi connectivity index (χ0) is 15.7. The van der Waals surface area contributed by atoms with Crippen molar-refractivity contribution in [1.29, 1.82) is 0 Å². The predicted octanol–water partition coefficient (Wildman–Crippen LogP) is 2.45. The van der Waals surface area contributed by atoms with Crippen molar-refractivity contribution >= 4 is 28.2 Å². The maximum absolute atomic E-state index is 12.3. The molecule has 1 amide bonds. The highest BCUT2D eigenvalue weighted by Gasteiger charge is 2.23. The van der Waals surface area contributed by atoms with Crippen LogP contribution in [0, 0.1) is 20.8 Å². The number of hydrogen-bond donors (Lipinski definition) is 1. The highest BCUT2D eigenvalue weighted by molar-refractivity contribution is 7.16. The number of thiophene rings is 1. The molecule has 2 heterocycles. The Labute approximate surface area is 126 Å². The van der Waals surface area contributed by atoms with Gasteiger partial charge >= 0.3 is 5.97 Å². The van der Waals surface area contributed by atoms with E-state index in [1.165, 1.54) is 24.6 Å². The van der Waals surface area contributed by atoms with Crippen molar-refractivity contribution in [3.05, 3.63) is 33.5 Å². The average Bonchev–Trinajstić information content (AvgIpc) is 2.91. The molecule has 0 radical (unpaired) electrons. The smallest absolute Gasteiger partial charge is 0.341 e. The molecule has 0 saturated heterocycles. The third kappa shape index (κ3) is 2.69. The van der Waals surface area contributed by atoms with Crippen LogP contribution in [-0.4, -0.2) is 28.8 Å². The fourth-order valence-electron chi connectivity index (χ4n) is 1.95. The predicted molar refractivity (Wildman–Crippen MR) is 81.0 cm³/mol. The Morgan fingerprint density at radius 1 is 1.33 bits per heavy atom. The van der Waals surface area contributed by atoms with Crippen LogP contribution in [0.1, 0.15) is 36.9 Å². The van der Waals surface area contributed by atoms with Crippen LogP contribution in [0.4, 0.5) is 5.00 Å². The van der Waals surface area contributed by atoms with Crippen LogP contribution in [0.2, 0.25) is 0 Å². The van der Waals surface area contributed by atoms with Gasteiger partial charge < -0.3 is 10.1 Å². The van der Waals surface area contributed by atoms with E-state index in [9.17, 15) is 9.59 Å². The molecule has 0 atom stereocenters. The minimum atomic E-state index is -0.449. The number of anilines is 1. The molecule has 0 fully saturated rings. The second kappa shape index (κ2) is 5.69. The summed E-state index contributed by atoms with van der Waals surface area (Å²) in [6.07, 6.45) is 1.51. The van der Waals surface area contributed by atoms with Crippen molar-refractivity contribution in [3.63, 3.8) is 0 Å². The maximum atomic E-state index is 12.3. The van der Waals surface area contributed by atoms with Gasteiger partial charge in [0.25, 0.3) is 5.91 Å². The topological polar surface area (TPSA) is 73.2 Å². The van der Waals surface area contributed by atoms with Gasteiger partial charge in [0.1, 0.15) is 5.00 Å². The molecule has 0 aliphatic rings. The number of esters is 1. The van der Waals surface area contributed by atoms with Crippen LogP contribution in [0.5, 0.6) is 0 Å². The molecular formula is C14H17N3O3S. The molecule has 0 aliphatic carbocycles. The molecule has 0 unspecified atom stereocenters. The monoisotopic (exact) mass is 307 g/mol. The number of rotatable bonds is 3. The zero-order valence-corrected chi connectivity index (χ0v) is 13.4. The number of hydrogen-bond acceptors (Lipinski definition) is 5. The molecular weight excluding hydrogens is 290 g/mol. The van der Waals surface area contributed by atoms with Gasteiger partial charge in [0.15, 0.2) is 0 Å². The molecule has 1 N–H and O–H groups in total. The Kier molecular flexibility index (Phi) is 4.13. The molecule has 2 rings (SSSR count). The fourth-order valence-corrected chi connectivity index (χ4v) is 3.00. The Bertz CT molecular complexity index is 715. The molecule has 2 aromatic heterocycles. The number of aromatic nitrogens is 2. The summed E-state index contributed by atoms with van der Waals surface area (Å²) in [7, 11) is 3.09. The van der Waals surface area contributed by atoms with Gasteiger partial charge in [-0.2, -0.15) is 5.10 Å². The highest BCUT2D eigenvalue weighted by Crippen LogP contribution is 2.33. The zero-order valence-electron chi connectivity index (χ0n) is 12.6. The standard InChI is InChI=1S/C14H17N3O3S/c1-7-9(3)21-13(11(7)14(19)20-5)16-12(18)10-6-15-17(4)8(10)2/h6H,1-5H3,(H,16,18). The number of methoxy groups -OCH3 is 1. The molecule has 2 aromatic rings. The van der Waals surface area contributed by atoms with Gasteiger partial charge in [0.2, 0.25) is 0 Å². The number of nitrogens with one attached hydrogen (secondary N) is 1. The molecule has 112 valence electrons. The Hall–Kier alpha value is -2.15. The lowest BCUT2D eigenvalue weighted by Gasteiger charge is -2.06. The lowest BCUT2D eigenvalue weighted by atomic mass is 10.1. The van der Waals surface area contributed by atoms with Gasteiger partial charge in [-0.25, -0.2) is 4.79 Å². The van der Waals surface area contributed by atoms with E-state index < -0.39 is 5.97 Å². The summed E-state index contributed by atoms with van der Waals surface area (Å²) >= 11 is 1.36. The molecule has 0 aromatic carbocycles. The second-order valence-corrected chi connectivity index (χ2v) is 5.93. The first-order chi connectivity index (χ1) is 9.86. The third-order valence-corrected chi connectivity index (χ3v) is 4.60. The van der Waals surface area contributed by atoms with E-state index in [-0.39, 0.29) is 5.91 Å². The molecule has 0 spiro atoms. The third-order valence-electron chi connectivity index (χ3n) is 3.48. The summed E-state index contributed by atoms with van der Waals surface area (Å²) in [6, 6.07) is 0. The van der Waals surface area contributed by atoms with Gasteiger partial charge in [-0.05, 0) is 26.3 Å². The summed E-state index contributed by atoms with van der Waals surface area (Å²) in [5.74, 6) is -0.734. The van der Waals surface area contributed by atoms with E-state index >= 15 is 0 Å². The lowest BCUT2D eigenvalue weighted by molar-refractivity contribution is 0.0601. The van der Waals surface area contributed by atoms with Gasteiger partial charge in [-0.3, -0.25) is 9.48 Å². The highest BCUT2D eigenvalue weighted by atomic mass is 32.1. The minimum Gasteiger partial charge on any atom is -0.465 e. The number of amides is 1. The summed E-state index contributed by atoms with van der Waals surface area (Å²) < 4.78 is 6.41. The van der Waals surface area contributed by atoms with Crippen molar-refractivity contribution in [3.8, 4) is 0 Å². The van der Waals surface area contributed by atoms with Crippen molar-refractivity contribution in [2.24, 2.45) is 7.05 Å². The van der Waals surface area contributed by atoms with Crippen molar-refractivity contribution in [2.75, 3.05) is 12.4 Å². The lowest BCUT2D eigenvalue weighted by Crippen LogP contribution is -2.15. The normalized spacial score (nSPS) is 10.5. The van der Waals surface area contributed by atoms with Crippen LogP contribution >= 0.6 is 11.3 Å². The summed E-state index contributed by atoms with van der Waals surface area (Å²) in [6.45, 7) is 5.55. The van der Waals surface area contributed by atoms with Crippen molar-refractivity contribution < 1.29 is 14.3 Å². The molecule has 7 heteroatoms. The Morgan fingerprint density at radius 3 is 2.52 bits per heavy atom. The first kappa shape index (κ1) is 15.2. The van der Waals surface area contributed by atoms with Crippen LogP contribution < -0.4 is 5.32 Å². The molecule has 6 nitrogen and oxygen atoms in total. The van der Waals surface area contributed by atoms with Crippen molar-refractivity contribution in [1.82, 2.24) is 9.78 Å². The van der Waals surface area contributed by atoms with E-state index in [0.717, 1.165) is 16.1 Å². The van der Waals surface area contributed by atoms with Gasteiger partial charge in [-0.1, -0.05) is 0 Å². The van der Waals surface area contributed by atoms with Gasteiger partial charge in [0.05, 0.1) is 24.4 Å². The molecule has 0 saturated carbocycles. The van der Waals surface area contributed by atoms with Crippen molar-refractivity contribution in [2.45, 2.75) is 20.8 Å². The number of nitrogens with zero attached hydrogens (tertiary/aromatic N) is 2. The first-order valence-corrected chi connectivity index (χ1v) is 7.16. The van der Waals surface area contributed by atoms with E-state index in [1.54, 1.807) is 11.7 Å². The average molecular weight is 307 g/mol. The van der Waals surface area contributed by atoms with E-state index in [1.807, 2.05) is 20.8 Å². The minimum absolute atomic E-state index is 0.285. The largest absolute Gasteiger partial charge is 0.465 e. The maximum Gasteiger partial charge on any atom is 0.341 e. The number of carbonyl (C=O) groups excluding carboxylic acids is 2. The van der Waals surface area contributed by atoms with Crippen LogP contribution in [0.15, 0.2) is 6.20 Å². The van der Waals surface area contributed by atoms with E-state index in [0.29, 0.717) is 16.1 Å². The fraction of sp³-hybridized carbons (Fsp3) is 0.357. The second-order valence-electron chi connectivity index (χ2n) is 4.70. The number of aryl methyl sites for hydroxylation is 2. The molecule has 0 bridgehead atoms. The summed E-state index contributed by atoms with van der Waals surface area (Å²) in [5, 5.41) is 7.33. The molecule has 0 aliphatic heterocycles. The quantitative estimate of drug-likeness (QED) is 0.884. The Morgan fingerprint density at radius 2 is 2.00 bits per heavy atom. The van der Waals surface area contributed by atoms with E-state index in [2.05, 4.69) is 10.4 Å². The van der Waals surface area contributed by atoms with Crippen LogP contribution in [-0.2, 0) is 11.8 Å². The van der Waals surface area contributed by atoms with Gasteiger partial charge in [-0.15, -0.1) is 11.3 Å².